The first kappa shape index (κ1) is 22.7. The first-order valence-electron chi connectivity index (χ1n) is 15.3. The van der Waals surface area contributed by atoms with Gasteiger partial charge in [-0.05, 0) is 23.3 Å². The van der Waals surface area contributed by atoms with Gasteiger partial charge in [0.2, 0.25) is 0 Å². The average Bonchev–Trinajstić information content (AvgIpc) is 3.82. The van der Waals surface area contributed by atoms with E-state index in [0.29, 0.717) is 0 Å². The van der Waals surface area contributed by atoms with Crippen LogP contribution in [0.15, 0.2) is 146 Å². The number of fused-ring (bicyclic) bond motifs is 12. The molecule has 0 radical (unpaired) electrons. The van der Waals surface area contributed by atoms with E-state index in [1.54, 1.807) is 0 Å². The van der Waals surface area contributed by atoms with Crippen molar-refractivity contribution in [1.82, 2.24) is 8.80 Å². The lowest BCUT2D eigenvalue weighted by Crippen LogP contribution is -1.93. The van der Waals surface area contributed by atoms with Crippen molar-refractivity contribution in [2.24, 2.45) is 0 Å². The van der Waals surface area contributed by atoms with Gasteiger partial charge in [-0.1, -0.05) is 133 Å². The first-order chi connectivity index (χ1) is 21.9. The predicted octanol–water partition coefficient (Wildman–Crippen LogP) is 11.3. The second-order valence-electron chi connectivity index (χ2n) is 12.0. The summed E-state index contributed by atoms with van der Waals surface area (Å²) in [6.45, 7) is 0. The van der Waals surface area contributed by atoms with Gasteiger partial charge in [0.1, 0.15) is 0 Å². The minimum absolute atomic E-state index is 1.24. The van der Waals surface area contributed by atoms with Crippen molar-refractivity contribution >= 4 is 76.2 Å². The molecule has 7 aromatic carbocycles. The third kappa shape index (κ3) is 2.56. The van der Waals surface area contributed by atoms with Crippen molar-refractivity contribution in [2.45, 2.75) is 0 Å². The molecule has 0 fully saturated rings. The fourth-order valence-electron chi connectivity index (χ4n) is 8.37. The molecule has 0 saturated carbocycles. The molecule has 0 atom stereocenters. The Morgan fingerprint density at radius 3 is 1.09 bits per heavy atom. The van der Waals surface area contributed by atoms with E-state index >= 15 is 0 Å². The molecule has 0 amide bonds. The lowest BCUT2D eigenvalue weighted by molar-refractivity contribution is 1.36. The molecule has 11 aromatic rings. The number of hydrogen-bond acceptors (Lipinski definition) is 0. The zero-order chi connectivity index (χ0) is 28.5. The topological polar surface area (TPSA) is 8.82 Å². The van der Waals surface area contributed by atoms with Gasteiger partial charge in [-0.25, -0.2) is 0 Å². The van der Waals surface area contributed by atoms with E-state index in [1.807, 2.05) is 0 Å². The first-order valence-corrected chi connectivity index (χ1v) is 15.3. The monoisotopic (exact) mass is 556 g/mol. The lowest BCUT2D eigenvalue weighted by Gasteiger charge is -2.15. The molecule has 0 spiro atoms. The summed E-state index contributed by atoms with van der Waals surface area (Å²) in [7, 11) is 0. The van der Waals surface area contributed by atoms with Crippen molar-refractivity contribution in [3.63, 3.8) is 0 Å². The summed E-state index contributed by atoms with van der Waals surface area (Å²) < 4.78 is 5.13. The van der Waals surface area contributed by atoms with Gasteiger partial charge in [0, 0.05) is 54.2 Å². The number of rotatable bonds is 2. The standard InChI is InChI=1S/C42H24N2/c1-3-13-25(14-4-1)35-37-31-21-11-19-29-28-18-8-10-24-34(28)44(39(29)31)42(37)36(26-15-5-2-6-16-26)38-32-22-12-20-30-27-17-7-9-23-33(27)43(40(30)32)41(35)38/h1-24H. The van der Waals surface area contributed by atoms with Crippen molar-refractivity contribution in [1.29, 1.82) is 0 Å². The zero-order valence-electron chi connectivity index (χ0n) is 23.8. The summed E-state index contributed by atoms with van der Waals surface area (Å²) in [6, 6.07) is 53.6. The Kier molecular flexibility index (Phi) is 4.10. The van der Waals surface area contributed by atoms with Crippen LogP contribution in [0.2, 0.25) is 0 Å². The van der Waals surface area contributed by atoms with Crippen LogP contribution < -0.4 is 0 Å². The summed E-state index contributed by atoms with van der Waals surface area (Å²) >= 11 is 0. The summed E-state index contributed by atoms with van der Waals surface area (Å²) in [4.78, 5) is 0. The third-order valence-corrected chi connectivity index (χ3v) is 9.95. The average molecular weight is 557 g/mol. The van der Waals surface area contributed by atoms with Crippen LogP contribution in [0, 0.1) is 0 Å². The van der Waals surface area contributed by atoms with E-state index in [2.05, 4.69) is 154 Å². The Hall–Kier alpha value is -5.86. The molecule has 0 saturated heterocycles. The minimum atomic E-state index is 1.24. The number of para-hydroxylation sites is 4. The number of benzene rings is 7. The molecule has 11 rings (SSSR count). The van der Waals surface area contributed by atoms with Crippen LogP contribution in [0.4, 0.5) is 0 Å². The van der Waals surface area contributed by atoms with Crippen LogP contribution >= 0.6 is 0 Å². The number of hydrogen-bond donors (Lipinski definition) is 0. The second kappa shape index (κ2) is 7.94. The molecule has 0 aliphatic heterocycles. The van der Waals surface area contributed by atoms with E-state index in [1.165, 1.54) is 98.4 Å². The maximum Gasteiger partial charge on any atom is 0.0634 e. The third-order valence-electron chi connectivity index (χ3n) is 9.95. The second-order valence-corrected chi connectivity index (χ2v) is 12.0. The predicted molar refractivity (Wildman–Crippen MR) is 187 cm³/mol. The Morgan fingerprint density at radius 1 is 0.273 bits per heavy atom. The summed E-state index contributed by atoms with van der Waals surface area (Å²) in [5.74, 6) is 0. The fraction of sp³-hybridized carbons (Fsp3) is 0. The van der Waals surface area contributed by atoms with Crippen LogP contribution in [0.1, 0.15) is 0 Å². The minimum Gasteiger partial charge on any atom is -0.307 e. The molecule has 4 heterocycles. The van der Waals surface area contributed by atoms with Crippen molar-refractivity contribution < 1.29 is 0 Å². The van der Waals surface area contributed by atoms with Crippen molar-refractivity contribution in [3.8, 4) is 22.3 Å². The molecule has 0 bridgehead atoms. The Balaban J connectivity index is 1.58. The Bertz CT molecular complexity index is 2700. The Labute approximate surface area is 252 Å². The molecule has 0 N–H and O–H groups in total. The molecule has 202 valence electrons. The highest BCUT2D eigenvalue weighted by molar-refractivity contribution is 6.37. The molecular formula is C42H24N2. The van der Waals surface area contributed by atoms with Gasteiger partial charge in [0.15, 0.2) is 0 Å². The fourth-order valence-corrected chi connectivity index (χ4v) is 8.37. The number of nitrogens with zero attached hydrogens (tertiary/aromatic N) is 2. The van der Waals surface area contributed by atoms with Gasteiger partial charge in [0.25, 0.3) is 0 Å². The smallest absolute Gasteiger partial charge is 0.0634 e. The Morgan fingerprint density at radius 2 is 0.636 bits per heavy atom. The van der Waals surface area contributed by atoms with Gasteiger partial charge in [-0.3, -0.25) is 0 Å². The van der Waals surface area contributed by atoms with Crippen molar-refractivity contribution in [2.75, 3.05) is 0 Å². The normalized spacial score (nSPS) is 12.5. The van der Waals surface area contributed by atoms with E-state index < -0.39 is 0 Å². The lowest BCUT2D eigenvalue weighted by atomic mass is 9.89. The summed E-state index contributed by atoms with van der Waals surface area (Å²) in [6.07, 6.45) is 0. The highest BCUT2D eigenvalue weighted by Crippen LogP contribution is 2.53. The molecule has 2 nitrogen and oxygen atoms in total. The molecule has 44 heavy (non-hydrogen) atoms. The molecule has 2 heteroatoms. The van der Waals surface area contributed by atoms with E-state index in [4.69, 9.17) is 0 Å². The van der Waals surface area contributed by atoms with E-state index in [0.717, 1.165) is 0 Å². The van der Waals surface area contributed by atoms with Crippen LogP contribution in [0.5, 0.6) is 0 Å². The summed E-state index contributed by atoms with van der Waals surface area (Å²) in [5.41, 5.74) is 12.8. The van der Waals surface area contributed by atoms with Gasteiger partial charge in [-0.2, -0.15) is 0 Å². The maximum atomic E-state index is 2.57. The highest BCUT2D eigenvalue weighted by atomic mass is 14.9. The van der Waals surface area contributed by atoms with Gasteiger partial charge in [0.05, 0.1) is 33.1 Å². The van der Waals surface area contributed by atoms with Crippen molar-refractivity contribution in [3.05, 3.63) is 146 Å². The van der Waals surface area contributed by atoms with Crippen LogP contribution in [-0.2, 0) is 0 Å². The summed E-state index contributed by atoms with van der Waals surface area (Å²) in [5, 5.41) is 10.5. The SMILES string of the molecule is c1ccc(-c2c3c4cccc5c6ccccc6n(c3c(-c3ccccc3)c3c6cccc7c8ccccc8n(c23)c76)c54)cc1. The van der Waals surface area contributed by atoms with E-state index in [-0.39, 0.29) is 0 Å². The zero-order valence-corrected chi connectivity index (χ0v) is 23.8. The largest absolute Gasteiger partial charge is 0.307 e. The molecule has 0 aliphatic carbocycles. The van der Waals surface area contributed by atoms with Crippen LogP contribution in [-0.4, -0.2) is 8.80 Å². The van der Waals surface area contributed by atoms with Gasteiger partial charge in [-0.15, -0.1) is 0 Å². The van der Waals surface area contributed by atoms with Gasteiger partial charge < -0.3 is 8.80 Å². The molecule has 0 aliphatic rings. The molecule has 4 aromatic heterocycles. The molecule has 0 unspecified atom stereocenters. The van der Waals surface area contributed by atoms with Crippen LogP contribution in [0.3, 0.4) is 0 Å². The quantitative estimate of drug-likeness (QED) is 0.200. The van der Waals surface area contributed by atoms with E-state index in [9.17, 15) is 0 Å². The number of aromatic nitrogens is 2. The molecular weight excluding hydrogens is 532 g/mol. The van der Waals surface area contributed by atoms with Crippen LogP contribution in [0.25, 0.3) is 98.4 Å². The highest BCUT2D eigenvalue weighted by Gasteiger charge is 2.29. The van der Waals surface area contributed by atoms with Gasteiger partial charge >= 0.3 is 0 Å². The maximum absolute atomic E-state index is 2.57.